The van der Waals surface area contributed by atoms with Crippen LogP contribution in [0, 0.1) is 11.6 Å². The molecule has 2 N–H and O–H groups in total. The van der Waals surface area contributed by atoms with Gasteiger partial charge < -0.3 is 10.6 Å². The van der Waals surface area contributed by atoms with Gasteiger partial charge in [0.1, 0.15) is 23.0 Å². The van der Waals surface area contributed by atoms with Crippen LogP contribution in [0.3, 0.4) is 0 Å². The van der Waals surface area contributed by atoms with Gasteiger partial charge in [0.05, 0.1) is 0 Å². The number of hydrogen-bond donors (Lipinski definition) is 2. The van der Waals surface area contributed by atoms with E-state index in [0.717, 1.165) is 17.7 Å². The number of rotatable bonds is 5. The first kappa shape index (κ1) is 20.1. The van der Waals surface area contributed by atoms with Crippen LogP contribution in [-0.4, -0.2) is 16.8 Å². The highest BCUT2D eigenvalue weighted by Crippen LogP contribution is 2.24. The third-order valence-electron chi connectivity index (χ3n) is 4.29. The minimum absolute atomic E-state index is 0.00483. The Kier molecular flexibility index (Phi) is 5.97. The summed E-state index contributed by atoms with van der Waals surface area (Å²) in [5.41, 5.74) is 1.11. The Balaban J connectivity index is 1.81. The summed E-state index contributed by atoms with van der Waals surface area (Å²) >= 11 is 0. The molecule has 148 valence electrons. The van der Waals surface area contributed by atoms with E-state index < -0.39 is 29.1 Å². The molecule has 3 aromatic rings. The first-order valence-corrected chi connectivity index (χ1v) is 8.98. The van der Waals surface area contributed by atoms with Crippen molar-refractivity contribution in [2.45, 2.75) is 19.8 Å². The maximum absolute atomic E-state index is 13.7. The van der Waals surface area contributed by atoms with Crippen LogP contribution in [0.15, 0.2) is 60.8 Å². The Morgan fingerprint density at radius 2 is 1.59 bits per heavy atom. The van der Waals surface area contributed by atoms with E-state index in [1.807, 2.05) is 32.0 Å². The van der Waals surface area contributed by atoms with E-state index in [9.17, 15) is 18.4 Å². The van der Waals surface area contributed by atoms with Crippen molar-refractivity contribution in [1.29, 1.82) is 0 Å². The molecule has 29 heavy (non-hydrogen) atoms. The van der Waals surface area contributed by atoms with E-state index in [1.165, 1.54) is 24.4 Å². The zero-order valence-corrected chi connectivity index (χ0v) is 15.9. The van der Waals surface area contributed by atoms with Gasteiger partial charge in [0, 0.05) is 17.4 Å². The van der Waals surface area contributed by atoms with Crippen molar-refractivity contribution in [2.24, 2.45) is 0 Å². The van der Waals surface area contributed by atoms with Gasteiger partial charge in [0.15, 0.2) is 0 Å². The number of para-hydroxylation sites is 2. The molecule has 0 saturated heterocycles. The Bertz CT molecular complexity index is 1050. The summed E-state index contributed by atoms with van der Waals surface area (Å²) in [6.07, 6.45) is 1.29. The number of halogens is 2. The molecular formula is C22H19F2N3O2. The molecule has 2 amide bonds. The zero-order chi connectivity index (χ0) is 21.0. The molecule has 0 saturated carbocycles. The molecule has 0 bridgehead atoms. The summed E-state index contributed by atoms with van der Waals surface area (Å²) < 4.78 is 27.5. The third-order valence-corrected chi connectivity index (χ3v) is 4.29. The lowest BCUT2D eigenvalue weighted by molar-refractivity contribution is 0.102. The van der Waals surface area contributed by atoms with Crippen LogP contribution in [0.2, 0.25) is 0 Å². The second-order valence-electron chi connectivity index (χ2n) is 6.68. The molecule has 2 aromatic carbocycles. The number of benzene rings is 2. The fraction of sp³-hybridized carbons (Fsp3) is 0.136. The normalized spacial score (nSPS) is 10.7. The lowest BCUT2D eigenvalue weighted by Gasteiger charge is -2.13. The number of nitrogens with one attached hydrogen (secondary N) is 2. The van der Waals surface area contributed by atoms with Gasteiger partial charge in [-0.3, -0.25) is 14.6 Å². The van der Waals surface area contributed by atoms with Gasteiger partial charge in [-0.1, -0.05) is 38.1 Å². The molecular weight excluding hydrogens is 376 g/mol. The highest BCUT2D eigenvalue weighted by atomic mass is 19.1. The molecule has 0 aliphatic carbocycles. The molecule has 1 heterocycles. The second kappa shape index (κ2) is 8.60. The second-order valence-corrected chi connectivity index (χ2v) is 6.68. The summed E-state index contributed by atoms with van der Waals surface area (Å²) in [5, 5.41) is 4.98. The lowest BCUT2D eigenvalue weighted by Crippen LogP contribution is -2.18. The van der Waals surface area contributed by atoms with Gasteiger partial charge in [0.2, 0.25) is 0 Å². The largest absolute Gasteiger partial charge is 0.320 e. The minimum Gasteiger partial charge on any atom is -0.320 e. The summed E-state index contributed by atoms with van der Waals surface area (Å²) in [4.78, 5) is 29.0. The van der Waals surface area contributed by atoms with Crippen LogP contribution in [-0.2, 0) is 0 Å². The van der Waals surface area contributed by atoms with Gasteiger partial charge in [-0.2, -0.15) is 0 Å². The number of amides is 2. The molecule has 1 aromatic heterocycles. The Morgan fingerprint density at radius 3 is 2.28 bits per heavy atom. The van der Waals surface area contributed by atoms with Gasteiger partial charge in [-0.25, -0.2) is 8.78 Å². The Hall–Kier alpha value is -3.61. The molecule has 0 fully saturated rings. The molecule has 0 unspecified atom stereocenters. The summed E-state index contributed by atoms with van der Waals surface area (Å²) in [6, 6.07) is 13.3. The molecule has 0 atom stereocenters. The molecule has 7 heteroatoms. The highest BCUT2D eigenvalue weighted by Gasteiger charge is 2.17. The molecule has 0 aliphatic rings. The maximum Gasteiger partial charge on any atom is 0.274 e. The van der Waals surface area contributed by atoms with E-state index >= 15 is 0 Å². The van der Waals surface area contributed by atoms with E-state index in [1.54, 1.807) is 6.07 Å². The van der Waals surface area contributed by atoms with Gasteiger partial charge in [-0.05, 0) is 41.8 Å². The van der Waals surface area contributed by atoms with Crippen molar-refractivity contribution < 1.29 is 18.4 Å². The topological polar surface area (TPSA) is 71.1 Å². The monoisotopic (exact) mass is 395 g/mol. The predicted molar refractivity (Wildman–Crippen MR) is 107 cm³/mol. The van der Waals surface area contributed by atoms with E-state index in [-0.39, 0.29) is 17.2 Å². The van der Waals surface area contributed by atoms with Gasteiger partial charge in [-0.15, -0.1) is 0 Å². The van der Waals surface area contributed by atoms with Crippen molar-refractivity contribution >= 4 is 23.2 Å². The minimum atomic E-state index is -0.893. The van der Waals surface area contributed by atoms with Crippen molar-refractivity contribution in [1.82, 2.24) is 4.98 Å². The van der Waals surface area contributed by atoms with Crippen molar-refractivity contribution in [3.63, 3.8) is 0 Å². The van der Waals surface area contributed by atoms with Crippen LogP contribution in [0.25, 0.3) is 0 Å². The quantitative estimate of drug-likeness (QED) is 0.640. The molecule has 5 nitrogen and oxygen atoms in total. The number of hydrogen-bond acceptors (Lipinski definition) is 3. The van der Waals surface area contributed by atoms with Crippen molar-refractivity contribution in [2.75, 3.05) is 10.6 Å². The number of nitrogens with zero attached hydrogens (tertiary/aromatic N) is 1. The van der Waals surface area contributed by atoms with E-state index in [0.29, 0.717) is 5.69 Å². The number of aromatic nitrogens is 1. The van der Waals surface area contributed by atoms with Crippen LogP contribution < -0.4 is 10.6 Å². The standard InChI is InChI=1S/C22H19F2N3O2/c1-13(2)15-6-3-4-9-18(15)26-22(29)19-12-14(10-11-25-19)21(28)27-20-16(23)7-5-8-17(20)24/h3-13H,1-2H3,(H,26,29)(H,27,28). The number of pyridine rings is 1. The number of anilines is 2. The number of carbonyl (C=O) groups is 2. The SMILES string of the molecule is CC(C)c1ccccc1NC(=O)c1cc(C(=O)Nc2c(F)cccc2F)ccn1. The van der Waals surface area contributed by atoms with Crippen LogP contribution in [0.1, 0.15) is 46.2 Å². The summed E-state index contributed by atoms with van der Waals surface area (Å²) in [5.74, 6) is -2.84. The first-order chi connectivity index (χ1) is 13.9. The zero-order valence-electron chi connectivity index (χ0n) is 15.9. The average Bonchev–Trinajstić information content (AvgIpc) is 2.71. The smallest absolute Gasteiger partial charge is 0.274 e. The Labute approximate surface area is 166 Å². The fourth-order valence-corrected chi connectivity index (χ4v) is 2.80. The van der Waals surface area contributed by atoms with Crippen molar-refractivity contribution in [3.8, 4) is 0 Å². The molecule has 0 spiro atoms. The maximum atomic E-state index is 13.7. The average molecular weight is 395 g/mol. The van der Waals surface area contributed by atoms with Crippen molar-refractivity contribution in [3.05, 3.63) is 89.2 Å². The summed E-state index contributed by atoms with van der Waals surface area (Å²) in [7, 11) is 0. The fourth-order valence-electron chi connectivity index (χ4n) is 2.80. The molecule has 0 aliphatic heterocycles. The lowest BCUT2D eigenvalue weighted by atomic mass is 10.0. The van der Waals surface area contributed by atoms with E-state index in [2.05, 4.69) is 15.6 Å². The highest BCUT2D eigenvalue weighted by molar-refractivity contribution is 6.08. The summed E-state index contributed by atoms with van der Waals surface area (Å²) in [6.45, 7) is 4.02. The van der Waals surface area contributed by atoms with Gasteiger partial charge in [0.25, 0.3) is 11.8 Å². The first-order valence-electron chi connectivity index (χ1n) is 8.98. The predicted octanol–water partition coefficient (Wildman–Crippen LogP) is 4.99. The van der Waals surface area contributed by atoms with Crippen LogP contribution >= 0.6 is 0 Å². The number of carbonyl (C=O) groups excluding carboxylic acids is 2. The third kappa shape index (κ3) is 4.63. The van der Waals surface area contributed by atoms with E-state index in [4.69, 9.17) is 0 Å². The van der Waals surface area contributed by atoms with Crippen LogP contribution in [0.5, 0.6) is 0 Å². The van der Waals surface area contributed by atoms with Crippen LogP contribution in [0.4, 0.5) is 20.2 Å². The molecule has 0 radical (unpaired) electrons. The Morgan fingerprint density at radius 1 is 0.897 bits per heavy atom. The van der Waals surface area contributed by atoms with Gasteiger partial charge >= 0.3 is 0 Å². The molecule has 3 rings (SSSR count).